The summed E-state index contributed by atoms with van der Waals surface area (Å²) in [5.74, 6) is 2.22. The molecular formula is C18H25FN4O2. The number of benzene rings is 1. The van der Waals surface area contributed by atoms with E-state index >= 15 is 0 Å². The Morgan fingerprint density at radius 1 is 1.36 bits per heavy atom. The zero-order valence-corrected chi connectivity index (χ0v) is 15.1. The molecule has 0 spiro atoms. The van der Waals surface area contributed by atoms with Crippen molar-refractivity contribution in [3.8, 4) is 5.75 Å². The van der Waals surface area contributed by atoms with E-state index in [1.54, 1.807) is 12.1 Å². The Morgan fingerprint density at radius 2 is 2.16 bits per heavy atom. The minimum absolute atomic E-state index is 0.156. The molecule has 0 aliphatic rings. The number of hydrogen-bond donors (Lipinski definition) is 2. The van der Waals surface area contributed by atoms with Crippen molar-refractivity contribution in [2.45, 2.75) is 40.3 Å². The Hall–Kier alpha value is -2.57. The van der Waals surface area contributed by atoms with E-state index in [0.29, 0.717) is 30.7 Å². The highest BCUT2D eigenvalue weighted by Crippen LogP contribution is 2.13. The summed E-state index contributed by atoms with van der Waals surface area (Å²) >= 11 is 0. The van der Waals surface area contributed by atoms with Crippen molar-refractivity contribution >= 4 is 5.96 Å². The number of aromatic nitrogens is 1. The Morgan fingerprint density at radius 3 is 2.80 bits per heavy atom. The van der Waals surface area contributed by atoms with E-state index in [0.717, 1.165) is 18.0 Å². The molecule has 0 saturated carbocycles. The third-order valence-corrected chi connectivity index (χ3v) is 3.48. The molecule has 2 aromatic rings. The first kappa shape index (κ1) is 18.8. The van der Waals surface area contributed by atoms with Crippen LogP contribution in [0.15, 0.2) is 33.7 Å². The number of aliphatic imine (C=N–C) groups is 1. The maximum Gasteiger partial charge on any atom is 0.216 e. The summed E-state index contributed by atoms with van der Waals surface area (Å²) in [6, 6.07) is 6.10. The lowest BCUT2D eigenvalue weighted by Crippen LogP contribution is -2.41. The lowest BCUT2D eigenvalue weighted by Gasteiger charge is -2.17. The van der Waals surface area contributed by atoms with E-state index in [1.807, 2.05) is 27.7 Å². The fourth-order valence-electron chi connectivity index (χ4n) is 2.15. The molecule has 2 N–H and O–H groups in total. The Bertz CT molecular complexity index is 695. The SMILES string of the molecule is CCNC(=NCc1nc(C)c(C)o1)NCC(C)Oc1cccc(F)c1. The molecule has 6 nitrogen and oxygen atoms in total. The molecule has 0 bridgehead atoms. The zero-order valence-electron chi connectivity index (χ0n) is 15.1. The van der Waals surface area contributed by atoms with Gasteiger partial charge in [0.15, 0.2) is 5.96 Å². The second-order valence-corrected chi connectivity index (χ2v) is 5.71. The molecule has 0 saturated heterocycles. The van der Waals surface area contributed by atoms with Gasteiger partial charge < -0.3 is 19.8 Å². The molecule has 1 aromatic carbocycles. The second kappa shape index (κ2) is 9.05. The third kappa shape index (κ3) is 6.10. The molecular weight excluding hydrogens is 323 g/mol. The molecule has 2 rings (SSSR count). The van der Waals surface area contributed by atoms with Crippen LogP contribution in [0.1, 0.15) is 31.2 Å². The highest BCUT2D eigenvalue weighted by atomic mass is 19.1. The summed E-state index contributed by atoms with van der Waals surface area (Å²) in [6.45, 7) is 9.28. The first-order valence-corrected chi connectivity index (χ1v) is 8.35. The van der Waals surface area contributed by atoms with Gasteiger partial charge in [0.05, 0.1) is 12.2 Å². The number of nitrogens with one attached hydrogen (secondary N) is 2. The lowest BCUT2D eigenvalue weighted by atomic mass is 10.3. The van der Waals surface area contributed by atoms with E-state index in [2.05, 4.69) is 20.6 Å². The normalized spacial score (nSPS) is 12.8. The zero-order chi connectivity index (χ0) is 18.2. The first-order chi connectivity index (χ1) is 12.0. The number of halogens is 1. The summed E-state index contributed by atoms with van der Waals surface area (Å²) < 4.78 is 24.4. The number of guanidine groups is 1. The summed E-state index contributed by atoms with van der Waals surface area (Å²) in [4.78, 5) is 8.77. The van der Waals surface area contributed by atoms with Gasteiger partial charge in [-0.25, -0.2) is 14.4 Å². The lowest BCUT2D eigenvalue weighted by molar-refractivity contribution is 0.223. The van der Waals surface area contributed by atoms with Crippen LogP contribution in [0.2, 0.25) is 0 Å². The standard InChI is InChI=1S/C18H25FN4O2/c1-5-20-18(22-11-17-23-13(3)14(4)25-17)21-10-12(2)24-16-8-6-7-15(19)9-16/h6-9,12H,5,10-11H2,1-4H3,(H2,20,21,22). The number of ether oxygens (including phenoxy) is 1. The average Bonchev–Trinajstić information content (AvgIpc) is 2.88. The fourth-order valence-corrected chi connectivity index (χ4v) is 2.15. The predicted octanol–water partition coefficient (Wildman–Crippen LogP) is 2.95. The van der Waals surface area contributed by atoms with Crippen molar-refractivity contribution in [2.75, 3.05) is 13.1 Å². The summed E-state index contributed by atoms with van der Waals surface area (Å²) in [5, 5.41) is 6.35. The highest BCUT2D eigenvalue weighted by molar-refractivity contribution is 5.79. The first-order valence-electron chi connectivity index (χ1n) is 8.35. The Kier molecular flexibility index (Phi) is 6.80. The van der Waals surface area contributed by atoms with Gasteiger partial charge in [-0.1, -0.05) is 6.07 Å². The number of rotatable bonds is 7. The number of nitrogens with zero attached hydrogens (tertiary/aromatic N) is 2. The number of oxazole rings is 1. The quantitative estimate of drug-likeness (QED) is 0.595. The van der Waals surface area contributed by atoms with Gasteiger partial charge in [0.25, 0.3) is 0 Å². The smallest absolute Gasteiger partial charge is 0.216 e. The van der Waals surface area contributed by atoms with Crippen molar-refractivity contribution in [2.24, 2.45) is 4.99 Å². The van der Waals surface area contributed by atoms with E-state index in [9.17, 15) is 4.39 Å². The maximum atomic E-state index is 13.2. The van der Waals surface area contributed by atoms with Gasteiger partial charge in [0.2, 0.25) is 5.89 Å². The molecule has 0 radical (unpaired) electrons. The molecule has 1 atom stereocenters. The van der Waals surface area contributed by atoms with Crippen LogP contribution in [0, 0.1) is 19.7 Å². The van der Waals surface area contributed by atoms with Crippen molar-refractivity contribution < 1.29 is 13.5 Å². The molecule has 0 aliphatic heterocycles. The van der Waals surface area contributed by atoms with Crippen molar-refractivity contribution in [3.05, 3.63) is 47.4 Å². The molecule has 7 heteroatoms. The van der Waals surface area contributed by atoms with Gasteiger partial charge >= 0.3 is 0 Å². The Labute approximate surface area is 147 Å². The molecule has 0 amide bonds. The molecule has 0 aliphatic carbocycles. The molecule has 1 heterocycles. The number of hydrogen-bond acceptors (Lipinski definition) is 4. The summed E-state index contributed by atoms with van der Waals surface area (Å²) in [6.07, 6.45) is -0.156. The average molecular weight is 348 g/mol. The van der Waals surface area contributed by atoms with E-state index < -0.39 is 0 Å². The van der Waals surface area contributed by atoms with E-state index in [4.69, 9.17) is 9.15 Å². The third-order valence-electron chi connectivity index (χ3n) is 3.48. The fraction of sp³-hybridized carbons (Fsp3) is 0.444. The van der Waals surface area contributed by atoms with Crippen molar-refractivity contribution in [3.63, 3.8) is 0 Å². The minimum atomic E-state index is -0.316. The monoisotopic (exact) mass is 348 g/mol. The van der Waals surface area contributed by atoms with Crippen LogP contribution in [-0.4, -0.2) is 30.1 Å². The molecule has 25 heavy (non-hydrogen) atoms. The number of aryl methyl sites for hydroxylation is 2. The van der Waals surface area contributed by atoms with Crippen LogP contribution in [0.25, 0.3) is 0 Å². The van der Waals surface area contributed by atoms with Crippen LogP contribution >= 0.6 is 0 Å². The van der Waals surface area contributed by atoms with Gasteiger partial charge in [-0.15, -0.1) is 0 Å². The van der Waals surface area contributed by atoms with Crippen LogP contribution in [0.4, 0.5) is 4.39 Å². The highest BCUT2D eigenvalue weighted by Gasteiger charge is 2.08. The van der Waals surface area contributed by atoms with Crippen molar-refractivity contribution in [1.82, 2.24) is 15.6 Å². The molecule has 0 fully saturated rings. The van der Waals surface area contributed by atoms with E-state index in [1.165, 1.54) is 12.1 Å². The Balaban J connectivity index is 1.88. The molecule has 1 unspecified atom stereocenters. The van der Waals surface area contributed by atoms with E-state index in [-0.39, 0.29) is 11.9 Å². The molecule has 136 valence electrons. The van der Waals surface area contributed by atoms with Crippen LogP contribution in [0.5, 0.6) is 5.75 Å². The summed E-state index contributed by atoms with van der Waals surface area (Å²) in [5.41, 5.74) is 0.875. The van der Waals surface area contributed by atoms with Gasteiger partial charge in [-0.2, -0.15) is 0 Å². The van der Waals surface area contributed by atoms with Crippen LogP contribution in [-0.2, 0) is 6.54 Å². The topological polar surface area (TPSA) is 71.7 Å². The van der Waals surface area contributed by atoms with Crippen LogP contribution in [0.3, 0.4) is 0 Å². The summed E-state index contributed by atoms with van der Waals surface area (Å²) in [7, 11) is 0. The van der Waals surface area contributed by atoms with Crippen molar-refractivity contribution in [1.29, 1.82) is 0 Å². The van der Waals surface area contributed by atoms with Gasteiger partial charge in [-0.05, 0) is 39.8 Å². The maximum absolute atomic E-state index is 13.2. The second-order valence-electron chi connectivity index (χ2n) is 5.71. The molecule has 1 aromatic heterocycles. The minimum Gasteiger partial charge on any atom is -0.489 e. The largest absolute Gasteiger partial charge is 0.489 e. The predicted molar refractivity (Wildman–Crippen MR) is 95.3 cm³/mol. The van der Waals surface area contributed by atoms with Gasteiger partial charge in [-0.3, -0.25) is 0 Å². The van der Waals surface area contributed by atoms with Crippen LogP contribution < -0.4 is 15.4 Å². The van der Waals surface area contributed by atoms with Gasteiger partial charge in [0, 0.05) is 12.6 Å². The van der Waals surface area contributed by atoms with Gasteiger partial charge in [0.1, 0.15) is 30.0 Å².